The molecule has 1 amide bonds. The van der Waals surface area contributed by atoms with Crippen molar-refractivity contribution >= 4 is 30.7 Å². The predicted octanol–water partition coefficient (Wildman–Crippen LogP) is 1.48. The van der Waals surface area contributed by atoms with Crippen LogP contribution in [0.2, 0.25) is 0 Å². The van der Waals surface area contributed by atoms with E-state index in [1.54, 1.807) is 0 Å². The van der Waals surface area contributed by atoms with Gasteiger partial charge in [-0.2, -0.15) is 0 Å². The highest BCUT2D eigenvalue weighted by Gasteiger charge is 2.35. The van der Waals surface area contributed by atoms with E-state index < -0.39 is 0 Å². The molecule has 0 aliphatic carbocycles. The summed E-state index contributed by atoms with van der Waals surface area (Å²) >= 11 is 0. The molecule has 140 valence electrons. The Bertz CT molecular complexity index is 581. The molecule has 2 atom stereocenters. The Hall–Kier alpha value is -0.850. The number of halogens is 2. The molecule has 25 heavy (non-hydrogen) atoms. The first-order valence-electron chi connectivity index (χ1n) is 8.72. The highest BCUT2D eigenvalue weighted by atomic mass is 35.5. The molecule has 1 aromatic carbocycles. The first kappa shape index (κ1) is 20.5. The third-order valence-electron chi connectivity index (χ3n) is 5.42. The number of amides is 1. The largest absolute Gasteiger partial charge is 0.379 e. The summed E-state index contributed by atoms with van der Waals surface area (Å²) in [6, 6.07) is 8.88. The van der Waals surface area contributed by atoms with Crippen molar-refractivity contribution in [1.29, 1.82) is 0 Å². The normalized spacial score (nSPS) is 26.3. The number of likely N-dealkylation sites (tertiary alicyclic amines) is 1. The number of morpholine rings is 1. The Morgan fingerprint density at radius 3 is 2.56 bits per heavy atom. The molecule has 0 bridgehead atoms. The number of hydrogen-bond acceptors (Lipinski definition) is 4. The van der Waals surface area contributed by atoms with Crippen LogP contribution in [0.4, 0.5) is 0 Å². The van der Waals surface area contributed by atoms with Crippen LogP contribution in [-0.4, -0.2) is 67.2 Å². The van der Waals surface area contributed by atoms with Gasteiger partial charge in [-0.05, 0) is 24.0 Å². The second kappa shape index (κ2) is 9.19. The van der Waals surface area contributed by atoms with Gasteiger partial charge in [0.25, 0.3) is 0 Å². The number of carbonyl (C=O) groups excluding carboxylic acids is 1. The van der Waals surface area contributed by atoms with E-state index in [0.717, 1.165) is 58.8 Å². The smallest absolute Gasteiger partial charge is 0.240 e. The van der Waals surface area contributed by atoms with Gasteiger partial charge in [-0.3, -0.25) is 9.69 Å². The summed E-state index contributed by atoms with van der Waals surface area (Å²) in [6.07, 6.45) is 1.91. The highest BCUT2D eigenvalue weighted by molar-refractivity contribution is 5.85. The number of carbonyl (C=O) groups is 1. The van der Waals surface area contributed by atoms with Crippen molar-refractivity contribution in [3.63, 3.8) is 0 Å². The second-order valence-corrected chi connectivity index (χ2v) is 6.78. The van der Waals surface area contributed by atoms with Gasteiger partial charge in [-0.15, -0.1) is 24.8 Å². The van der Waals surface area contributed by atoms with E-state index in [4.69, 9.17) is 4.74 Å². The lowest BCUT2D eigenvalue weighted by Crippen LogP contribution is -2.50. The summed E-state index contributed by atoms with van der Waals surface area (Å²) in [4.78, 5) is 17.4. The molecule has 1 N–H and O–H groups in total. The lowest BCUT2D eigenvalue weighted by molar-refractivity contribution is -0.132. The molecule has 5 nitrogen and oxygen atoms in total. The van der Waals surface area contributed by atoms with Crippen LogP contribution < -0.4 is 5.32 Å². The number of hydrogen-bond donors (Lipinski definition) is 1. The first-order chi connectivity index (χ1) is 11.3. The molecule has 2 unspecified atom stereocenters. The molecule has 3 heterocycles. The fourth-order valence-electron chi connectivity index (χ4n) is 4.03. The van der Waals surface area contributed by atoms with Gasteiger partial charge in [-0.25, -0.2) is 0 Å². The molecule has 7 heteroatoms. The molecule has 2 fully saturated rings. The summed E-state index contributed by atoms with van der Waals surface area (Å²) in [5.41, 5.74) is 2.64. The van der Waals surface area contributed by atoms with Crippen LogP contribution >= 0.6 is 24.8 Å². The first-order valence-corrected chi connectivity index (χ1v) is 8.72. The van der Waals surface area contributed by atoms with Gasteiger partial charge in [0.1, 0.15) is 0 Å². The van der Waals surface area contributed by atoms with Gasteiger partial charge in [-0.1, -0.05) is 24.3 Å². The molecule has 0 aromatic heterocycles. The van der Waals surface area contributed by atoms with Crippen molar-refractivity contribution in [2.75, 3.05) is 39.4 Å². The Morgan fingerprint density at radius 1 is 1.08 bits per heavy atom. The standard InChI is InChI=1S/C18H25N3O2.2ClH/c22-18(17-11-14-3-1-2-4-15(14)12-19-17)21-6-5-16(13-21)20-7-9-23-10-8-20;;/h1-4,16-17,19H,5-13H2;2*1H. The average Bonchev–Trinajstić information content (AvgIpc) is 3.11. The molecule has 4 rings (SSSR count). The zero-order chi connectivity index (χ0) is 15.6. The third kappa shape index (κ3) is 4.47. The molecule has 3 aliphatic rings. The fraction of sp³-hybridized carbons (Fsp3) is 0.611. The van der Waals surface area contributed by atoms with Gasteiger partial charge < -0.3 is 15.0 Å². The third-order valence-corrected chi connectivity index (χ3v) is 5.42. The molecule has 0 saturated carbocycles. The number of nitrogens with one attached hydrogen (secondary N) is 1. The predicted molar refractivity (Wildman–Crippen MR) is 103 cm³/mol. The molecule has 0 spiro atoms. The Balaban J connectivity index is 0.00000113. The van der Waals surface area contributed by atoms with Crippen LogP contribution in [-0.2, 0) is 22.5 Å². The summed E-state index contributed by atoms with van der Waals surface area (Å²) in [5.74, 6) is 0.273. The number of rotatable bonds is 2. The Morgan fingerprint density at radius 2 is 1.80 bits per heavy atom. The zero-order valence-corrected chi connectivity index (χ0v) is 16.0. The van der Waals surface area contributed by atoms with Gasteiger partial charge in [0.2, 0.25) is 5.91 Å². The van der Waals surface area contributed by atoms with Crippen molar-refractivity contribution in [1.82, 2.24) is 15.1 Å². The quantitative estimate of drug-likeness (QED) is 0.834. The van der Waals surface area contributed by atoms with Crippen LogP contribution in [0.25, 0.3) is 0 Å². The topological polar surface area (TPSA) is 44.8 Å². The Labute approximate surface area is 161 Å². The maximum Gasteiger partial charge on any atom is 0.240 e. The number of nitrogens with zero attached hydrogens (tertiary/aromatic N) is 2. The van der Waals surface area contributed by atoms with Crippen molar-refractivity contribution in [2.24, 2.45) is 0 Å². The molecular weight excluding hydrogens is 361 g/mol. The van der Waals surface area contributed by atoms with Crippen LogP contribution in [0.15, 0.2) is 24.3 Å². The SMILES string of the molecule is Cl.Cl.O=C(C1Cc2ccccc2CN1)N1CCC(N2CCOCC2)C1. The number of benzene rings is 1. The maximum atomic E-state index is 12.9. The minimum atomic E-state index is -0.0617. The van der Waals surface area contributed by atoms with Gasteiger partial charge in [0.15, 0.2) is 0 Å². The monoisotopic (exact) mass is 387 g/mol. The lowest BCUT2D eigenvalue weighted by atomic mass is 9.95. The van der Waals surface area contributed by atoms with Crippen molar-refractivity contribution in [2.45, 2.75) is 31.5 Å². The van der Waals surface area contributed by atoms with E-state index in [1.165, 1.54) is 11.1 Å². The van der Waals surface area contributed by atoms with E-state index in [9.17, 15) is 4.79 Å². The molecule has 1 aromatic rings. The Kier molecular flexibility index (Phi) is 7.52. The number of fused-ring (bicyclic) bond motifs is 1. The van der Waals surface area contributed by atoms with E-state index in [0.29, 0.717) is 6.04 Å². The van der Waals surface area contributed by atoms with Crippen LogP contribution in [0.5, 0.6) is 0 Å². The average molecular weight is 388 g/mol. The number of ether oxygens (including phenoxy) is 1. The zero-order valence-electron chi connectivity index (χ0n) is 14.4. The highest BCUT2D eigenvalue weighted by Crippen LogP contribution is 2.21. The minimum Gasteiger partial charge on any atom is -0.379 e. The van der Waals surface area contributed by atoms with E-state index >= 15 is 0 Å². The fourth-order valence-corrected chi connectivity index (χ4v) is 4.03. The minimum absolute atomic E-state index is 0. The van der Waals surface area contributed by atoms with Crippen LogP contribution in [0.3, 0.4) is 0 Å². The summed E-state index contributed by atoms with van der Waals surface area (Å²) in [6.45, 7) is 6.22. The van der Waals surface area contributed by atoms with Crippen molar-refractivity contribution in [3.8, 4) is 0 Å². The summed E-state index contributed by atoms with van der Waals surface area (Å²) in [7, 11) is 0. The maximum absolute atomic E-state index is 12.9. The molecule has 2 saturated heterocycles. The van der Waals surface area contributed by atoms with Gasteiger partial charge in [0.05, 0.1) is 19.3 Å². The molecule has 0 radical (unpaired) electrons. The molecular formula is C18H27Cl2N3O2. The van der Waals surface area contributed by atoms with Gasteiger partial charge >= 0.3 is 0 Å². The summed E-state index contributed by atoms with van der Waals surface area (Å²) in [5, 5.41) is 3.42. The lowest BCUT2D eigenvalue weighted by Gasteiger charge is -2.33. The molecule has 3 aliphatic heterocycles. The van der Waals surface area contributed by atoms with E-state index in [2.05, 4.69) is 39.4 Å². The second-order valence-electron chi connectivity index (χ2n) is 6.78. The van der Waals surface area contributed by atoms with Crippen LogP contribution in [0, 0.1) is 0 Å². The van der Waals surface area contributed by atoms with Crippen molar-refractivity contribution in [3.05, 3.63) is 35.4 Å². The van der Waals surface area contributed by atoms with Crippen LogP contribution in [0.1, 0.15) is 17.5 Å². The van der Waals surface area contributed by atoms with E-state index in [-0.39, 0.29) is 36.8 Å². The summed E-state index contributed by atoms with van der Waals surface area (Å²) < 4.78 is 5.43. The van der Waals surface area contributed by atoms with Crippen molar-refractivity contribution < 1.29 is 9.53 Å². The van der Waals surface area contributed by atoms with E-state index in [1.807, 2.05) is 0 Å². The van der Waals surface area contributed by atoms with Gasteiger partial charge in [0, 0.05) is 38.8 Å².